The minimum atomic E-state index is -0.670. The molecule has 0 aliphatic carbocycles. The Morgan fingerprint density at radius 1 is 1.20 bits per heavy atom. The third kappa shape index (κ3) is 6.75. The number of anilines is 1. The molecule has 9 heteroatoms. The number of methoxy groups -OCH3 is 1. The number of alkyl carbamates (subject to hydrolysis) is 1. The van der Waals surface area contributed by atoms with Crippen LogP contribution in [0.3, 0.4) is 0 Å². The third-order valence-corrected chi connectivity index (χ3v) is 4.52. The number of rotatable bonds is 5. The molecule has 2 N–H and O–H groups in total. The minimum absolute atomic E-state index is 0.0218. The fraction of sp³-hybridized carbons (Fsp3) is 0.524. The summed E-state index contributed by atoms with van der Waals surface area (Å²) in [5.41, 5.74) is 1.73. The van der Waals surface area contributed by atoms with Gasteiger partial charge in [-0.25, -0.2) is 4.79 Å². The molecular weight excluding hydrogens is 390 g/mol. The van der Waals surface area contributed by atoms with Gasteiger partial charge in [-0.1, -0.05) is 6.07 Å². The molecular formula is C21H29N3O6. The number of esters is 1. The van der Waals surface area contributed by atoms with Crippen molar-refractivity contribution in [1.82, 2.24) is 10.2 Å². The molecule has 1 aromatic rings. The summed E-state index contributed by atoms with van der Waals surface area (Å²) in [6.07, 6.45) is -0.230. The van der Waals surface area contributed by atoms with Crippen LogP contribution in [-0.4, -0.2) is 55.1 Å². The van der Waals surface area contributed by atoms with E-state index < -0.39 is 29.5 Å². The molecule has 0 saturated heterocycles. The quantitative estimate of drug-likeness (QED) is 0.704. The highest BCUT2D eigenvalue weighted by Crippen LogP contribution is 2.27. The second kappa shape index (κ2) is 9.60. The molecule has 3 amide bonds. The number of fused-ring (bicyclic) bond motifs is 1. The van der Waals surface area contributed by atoms with Crippen molar-refractivity contribution in [2.45, 2.75) is 45.8 Å². The first-order valence-electron chi connectivity index (χ1n) is 9.69. The van der Waals surface area contributed by atoms with E-state index in [4.69, 9.17) is 9.47 Å². The van der Waals surface area contributed by atoms with Gasteiger partial charge in [0.2, 0.25) is 11.8 Å². The smallest absolute Gasteiger partial charge is 0.408 e. The molecule has 2 rings (SSSR count). The molecule has 9 nitrogen and oxygen atoms in total. The zero-order valence-electron chi connectivity index (χ0n) is 18.0. The van der Waals surface area contributed by atoms with Crippen molar-refractivity contribution < 1.29 is 28.7 Å². The normalized spacial score (nSPS) is 16.2. The highest BCUT2D eigenvalue weighted by molar-refractivity contribution is 5.94. The average molecular weight is 419 g/mol. The summed E-state index contributed by atoms with van der Waals surface area (Å²) in [6, 6.07) is 5.36. The number of hydrogen-bond acceptors (Lipinski definition) is 6. The molecule has 1 aromatic carbocycles. The molecule has 0 fully saturated rings. The molecule has 0 spiro atoms. The van der Waals surface area contributed by atoms with Gasteiger partial charge in [-0.15, -0.1) is 0 Å². The van der Waals surface area contributed by atoms with Crippen LogP contribution < -0.4 is 10.6 Å². The molecule has 1 unspecified atom stereocenters. The molecule has 0 aromatic heterocycles. The zero-order chi connectivity index (χ0) is 22.5. The van der Waals surface area contributed by atoms with Crippen LogP contribution >= 0.6 is 0 Å². The number of carbonyl (C=O) groups is 4. The number of amides is 3. The molecule has 164 valence electrons. The fourth-order valence-corrected chi connectivity index (χ4v) is 3.16. The lowest BCUT2D eigenvalue weighted by molar-refractivity contribution is -0.146. The summed E-state index contributed by atoms with van der Waals surface area (Å²) in [5, 5.41) is 5.13. The number of nitrogens with one attached hydrogen (secondary N) is 2. The number of nitrogens with zero attached hydrogens (tertiary/aromatic N) is 1. The maximum Gasteiger partial charge on any atom is 0.408 e. The van der Waals surface area contributed by atoms with E-state index in [0.29, 0.717) is 18.7 Å². The predicted octanol–water partition coefficient (Wildman–Crippen LogP) is 1.84. The van der Waals surface area contributed by atoms with E-state index in [1.807, 2.05) is 6.07 Å². The van der Waals surface area contributed by atoms with Crippen LogP contribution in [0.5, 0.6) is 0 Å². The first kappa shape index (κ1) is 23.2. The Kier molecular flexibility index (Phi) is 7.42. The van der Waals surface area contributed by atoms with Gasteiger partial charge in [-0.05, 0) is 50.5 Å². The summed E-state index contributed by atoms with van der Waals surface area (Å²) in [5.74, 6) is -1.43. The van der Waals surface area contributed by atoms with Crippen molar-refractivity contribution >= 4 is 29.6 Å². The van der Waals surface area contributed by atoms with Crippen molar-refractivity contribution in [2.24, 2.45) is 5.92 Å². The third-order valence-electron chi connectivity index (χ3n) is 4.52. The average Bonchev–Trinajstić information content (AvgIpc) is 2.75. The Morgan fingerprint density at radius 3 is 2.53 bits per heavy atom. The second-order valence-corrected chi connectivity index (χ2v) is 8.26. The summed E-state index contributed by atoms with van der Waals surface area (Å²) in [4.78, 5) is 49.6. The van der Waals surface area contributed by atoms with Gasteiger partial charge in [0.1, 0.15) is 12.1 Å². The number of hydrogen-bond donors (Lipinski definition) is 2. The van der Waals surface area contributed by atoms with E-state index >= 15 is 0 Å². The van der Waals surface area contributed by atoms with Crippen LogP contribution in [0, 0.1) is 5.92 Å². The zero-order valence-corrected chi connectivity index (χ0v) is 18.0. The highest BCUT2D eigenvalue weighted by Gasteiger charge is 2.30. The molecule has 1 aliphatic rings. The van der Waals surface area contributed by atoms with Crippen LogP contribution in [0.2, 0.25) is 0 Å². The van der Waals surface area contributed by atoms with Gasteiger partial charge in [-0.3, -0.25) is 14.4 Å². The maximum atomic E-state index is 12.6. The monoisotopic (exact) mass is 419 g/mol. The molecule has 0 radical (unpaired) electrons. The second-order valence-electron chi connectivity index (χ2n) is 8.26. The summed E-state index contributed by atoms with van der Waals surface area (Å²) >= 11 is 0. The Morgan fingerprint density at radius 2 is 1.90 bits per heavy atom. The van der Waals surface area contributed by atoms with E-state index in [1.54, 1.807) is 44.9 Å². The lowest BCUT2D eigenvalue weighted by Gasteiger charge is -2.19. The topological polar surface area (TPSA) is 114 Å². The largest absolute Gasteiger partial charge is 0.469 e. The molecule has 0 bridgehead atoms. The number of carbonyl (C=O) groups excluding carboxylic acids is 4. The van der Waals surface area contributed by atoms with E-state index in [-0.39, 0.29) is 18.9 Å². The van der Waals surface area contributed by atoms with Crippen molar-refractivity contribution in [2.75, 3.05) is 26.0 Å². The standard InChI is InChI=1S/C21H29N3O6/c1-21(2,3)30-20(28)22-11-17(25)23-16-7-6-13-8-14(10-18(26)29-5)19(27)24(4)12-15(13)9-16/h6-7,9,14H,8,10-12H2,1-5H3,(H,22,28)(H,23,25). The van der Waals surface area contributed by atoms with Crippen molar-refractivity contribution in [1.29, 1.82) is 0 Å². The Balaban J connectivity index is 2.03. The first-order chi connectivity index (χ1) is 14.0. The highest BCUT2D eigenvalue weighted by atomic mass is 16.6. The van der Waals surface area contributed by atoms with Crippen LogP contribution in [0.25, 0.3) is 0 Å². The van der Waals surface area contributed by atoms with Gasteiger partial charge < -0.3 is 25.0 Å². The molecule has 0 saturated carbocycles. The van der Waals surface area contributed by atoms with Crippen molar-refractivity contribution in [3.8, 4) is 0 Å². The lowest BCUT2D eigenvalue weighted by Crippen LogP contribution is -2.37. The Bertz CT molecular complexity index is 831. The van der Waals surface area contributed by atoms with Gasteiger partial charge in [0.25, 0.3) is 0 Å². The van der Waals surface area contributed by atoms with E-state index in [2.05, 4.69) is 10.6 Å². The summed E-state index contributed by atoms with van der Waals surface area (Å²) < 4.78 is 9.79. The number of benzene rings is 1. The van der Waals surface area contributed by atoms with E-state index in [9.17, 15) is 19.2 Å². The molecule has 1 aliphatic heterocycles. The first-order valence-corrected chi connectivity index (χ1v) is 9.69. The van der Waals surface area contributed by atoms with Crippen LogP contribution in [0.4, 0.5) is 10.5 Å². The fourth-order valence-electron chi connectivity index (χ4n) is 3.16. The Hall–Kier alpha value is -3.10. The maximum absolute atomic E-state index is 12.6. The van der Waals surface area contributed by atoms with E-state index in [1.165, 1.54) is 7.11 Å². The van der Waals surface area contributed by atoms with Gasteiger partial charge in [0.15, 0.2) is 0 Å². The summed E-state index contributed by atoms with van der Waals surface area (Å²) in [7, 11) is 2.98. The van der Waals surface area contributed by atoms with Gasteiger partial charge in [-0.2, -0.15) is 0 Å². The molecule has 1 atom stereocenters. The Labute approximate surface area is 176 Å². The van der Waals surface area contributed by atoms with Crippen molar-refractivity contribution in [3.63, 3.8) is 0 Å². The van der Waals surface area contributed by atoms with Crippen LogP contribution in [-0.2, 0) is 36.8 Å². The van der Waals surface area contributed by atoms with Gasteiger partial charge in [0, 0.05) is 19.3 Å². The molecule has 30 heavy (non-hydrogen) atoms. The van der Waals surface area contributed by atoms with Gasteiger partial charge >= 0.3 is 12.1 Å². The number of ether oxygens (including phenoxy) is 2. The summed E-state index contributed by atoms with van der Waals surface area (Å²) in [6.45, 7) is 5.34. The lowest BCUT2D eigenvalue weighted by atomic mass is 9.94. The van der Waals surface area contributed by atoms with Crippen LogP contribution in [0.1, 0.15) is 38.3 Å². The van der Waals surface area contributed by atoms with Gasteiger partial charge in [0.05, 0.1) is 19.4 Å². The SMILES string of the molecule is COC(=O)CC1Cc2ccc(NC(=O)CNC(=O)OC(C)(C)C)cc2CN(C)C1=O. The molecule has 1 heterocycles. The van der Waals surface area contributed by atoms with E-state index in [0.717, 1.165) is 11.1 Å². The van der Waals surface area contributed by atoms with Crippen molar-refractivity contribution in [3.05, 3.63) is 29.3 Å². The minimum Gasteiger partial charge on any atom is -0.469 e. The predicted molar refractivity (Wildman–Crippen MR) is 110 cm³/mol. The van der Waals surface area contributed by atoms with Crippen LogP contribution in [0.15, 0.2) is 18.2 Å².